The monoisotopic (exact) mass is 150 g/mol. The van der Waals surface area contributed by atoms with E-state index in [1.807, 2.05) is 6.92 Å². The van der Waals surface area contributed by atoms with Gasteiger partial charge in [0, 0.05) is 0 Å². The molecule has 1 aromatic rings. The van der Waals surface area contributed by atoms with E-state index in [0.29, 0.717) is 19.0 Å². The lowest BCUT2D eigenvalue weighted by Gasteiger charge is -2.01. The molecule has 0 amide bonds. The summed E-state index contributed by atoms with van der Waals surface area (Å²) in [6.07, 6.45) is 0. The Labute approximate surface area is 65.4 Å². The van der Waals surface area contributed by atoms with Crippen LogP contribution in [0.2, 0.25) is 0 Å². The van der Waals surface area contributed by atoms with Crippen molar-refractivity contribution in [3.63, 3.8) is 0 Å². The third-order valence-corrected chi connectivity index (χ3v) is 2.05. The maximum atomic E-state index is 9.22. The van der Waals surface area contributed by atoms with Crippen molar-refractivity contribution < 1.29 is 9.84 Å². The van der Waals surface area contributed by atoms with Gasteiger partial charge in [-0.05, 0) is 35.7 Å². The summed E-state index contributed by atoms with van der Waals surface area (Å²) in [5.74, 6) is 0.340. The molecule has 11 heavy (non-hydrogen) atoms. The van der Waals surface area contributed by atoms with Crippen molar-refractivity contribution in [2.75, 3.05) is 0 Å². The molecule has 0 radical (unpaired) electrons. The number of rotatable bonds is 0. The van der Waals surface area contributed by atoms with Crippen LogP contribution in [-0.2, 0) is 18.0 Å². The quantitative estimate of drug-likeness (QED) is 0.610. The summed E-state index contributed by atoms with van der Waals surface area (Å²) < 4.78 is 5.24. The van der Waals surface area contributed by atoms with Crippen LogP contribution in [0.1, 0.15) is 16.7 Å². The summed E-state index contributed by atoms with van der Waals surface area (Å²) in [4.78, 5) is 0. The minimum absolute atomic E-state index is 0.340. The first kappa shape index (κ1) is 6.68. The number of benzene rings is 1. The predicted octanol–water partition coefficient (Wildman–Crippen LogP) is 1.73. The maximum Gasteiger partial charge on any atom is 0.116 e. The van der Waals surface area contributed by atoms with E-state index in [0.717, 1.165) is 11.1 Å². The molecule has 0 bridgehead atoms. The Morgan fingerprint density at radius 1 is 1.36 bits per heavy atom. The van der Waals surface area contributed by atoms with Crippen molar-refractivity contribution in [3.05, 3.63) is 28.8 Å². The second-order valence-corrected chi connectivity index (χ2v) is 2.89. The highest BCUT2D eigenvalue weighted by Crippen LogP contribution is 2.27. The van der Waals surface area contributed by atoms with Crippen LogP contribution in [0.3, 0.4) is 0 Å². The fourth-order valence-electron chi connectivity index (χ4n) is 1.47. The molecule has 0 saturated carbocycles. The van der Waals surface area contributed by atoms with E-state index in [2.05, 4.69) is 0 Å². The lowest BCUT2D eigenvalue weighted by Crippen LogP contribution is -1.86. The number of ether oxygens (including phenoxy) is 1. The number of phenols is 1. The molecule has 1 heterocycles. The lowest BCUT2D eigenvalue weighted by molar-refractivity contribution is 0.134. The average Bonchev–Trinajstić information content (AvgIpc) is 2.34. The van der Waals surface area contributed by atoms with Crippen molar-refractivity contribution in [2.45, 2.75) is 20.1 Å². The van der Waals surface area contributed by atoms with Crippen LogP contribution in [0.25, 0.3) is 0 Å². The fourth-order valence-corrected chi connectivity index (χ4v) is 1.47. The molecule has 0 fully saturated rings. The van der Waals surface area contributed by atoms with Crippen LogP contribution in [-0.4, -0.2) is 5.11 Å². The van der Waals surface area contributed by atoms with E-state index in [-0.39, 0.29) is 0 Å². The Kier molecular flexibility index (Phi) is 1.36. The SMILES string of the molecule is Cc1cc(O)cc2c1COC2. The second-order valence-electron chi connectivity index (χ2n) is 2.89. The van der Waals surface area contributed by atoms with Crippen molar-refractivity contribution >= 4 is 0 Å². The van der Waals surface area contributed by atoms with Gasteiger partial charge >= 0.3 is 0 Å². The molecule has 2 nitrogen and oxygen atoms in total. The molecule has 1 aliphatic rings. The predicted molar refractivity (Wildman–Crippen MR) is 41.3 cm³/mol. The largest absolute Gasteiger partial charge is 0.508 e. The first-order valence-corrected chi connectivity index (χ1v) is 3.66. The third kappa shape index (κ3) is 0.994. The van der Waals surface area contributed by atoms with Gasteiger partial charge in [0.15, 0.2) is 0 Å². The maximum absolute atomic E-state index is 9.22. The van der Waals surface area contributed by atoms with Gasteiger partial charge < -0.3 is 9.84 Å². The minimum atomic E-state index is 0.340. The van der Waals surface area contributed by atoms with E-state index in [4.69, 9.17) is 4.74 Å². The number of phenolic OH excluding ortho intramolecular Hbond substituents is 1. The van der Waals surface area contributed by atoms with Gasteiger partial charge in [-0.15, -0.1) is 0 Å². The van der Waals surface area contributed by atoms with E-state index >= 15 is 0 Å². The molecule has 0 atom stereocenters. The molecule has 1 aromatic carbocycles. The molecule has 0 unspecified atom stereocenters. The third-order valence-electron chi connectivity index (χ3n) is 2.05. The molecule has 1 aliphatic heterocycles. The molecular formula is C9H10O2. The molecule has 2 rings (SSSR count). The molecule has 0 aromatic heterocycles. The van der Waals surface area contributed by atoms with Crippen LogP contribution < -0.4 is 0 Å². The van der Waals surface area contributed by atoms with Crippen LogP contribution in [0.4, 0.5) is 0 Å². The normalized spacial score (nSPS) is 15.0. The summed E-state index contributed by atoms with van der Waals surface area (Å²) in [7, 11) is 0. The zero-order chi connectivity index (χ0) is 7.84. The summed E-state index contributed by atoms with van der Waals surface area (Å²) >= 11 is 0. The zero-order valence-corrected chi connectivity index (χ0v) is 6.42. The zero-order valence-electron chi connectivity index (χ0n) is 6.42. The molecule has 0 aliphatic carbocycles. The van der Waals surface area contributed by atoms with E-state index in [9.17, 15) is 5.11 Å². The van der Waals surface area contributed by atoms with Gasteiger partial charge in [-0.25, -0.2) is 0 Å². The molecule has 58 valence electrons. The molecular weight excluding hydrogens is 140 g/mol. The van der Waals surface area contributed by atoms with Gasteiger partial charge in [0.2, 0.25) is 0 Å². The van der Waals surface area contributed by atoms with Gasteiger partial charge in [-0.3, -0.25) is 0 Å². The topological polar surface area (TPSA) is 29.5 Å². The average molecular weight is 150 g/mol. The summed E-state index contributed by atoms with van der Waals surface area (Å²) in [5, 5.41) is 9.22. The number of aryl methyl sites for hydroxylation is 1. The first-order valence-electron chi connectivity index (χ1n) is 3.66. The van der Waals surface area contributed by atoms with E-state index in [1.54, 1.807) is 12.1 Å². The van der Waals surface area contributed by atoms with Crippen LogP contribution >= 0.6 is 0 Å². The van der Waals surface area contributed by atoms with Gasteiger partial charge in [-0.1, -0.05) is 0 Å². The van der Waals surface area contributed by atoms with Gasteiger partial charge in [0.1, 0.15) is 5.75 Å². The summed E-state index contributed by atoms with van der Waals surface area (Å²) in [6.45, 7) is 3.33. The van der Waals surface area contributed by atoms with Crippen molar-refractivity contribution in [2.24, 2.45) is 0 Å². The second kappa shape index (κ2) is 2.24. The van der Waals surface area contributed by atoms with Crippen molar-refractivity contribution in [3.8, 4) is 5.75 Å². The smallest absolute Gasteiger partial charge is 0.116 e. The standard InChI is InChI=1S/C9H10O2/c1-6-2-8(10)3-7-4-11-5-9(6)7/h2-3,10H,4-5H2,1H3. The summed E-state index contributed by atoms with van der Waals surface area (Å²) in [6, 6.07) is 3.54. The van der Waals surface area contributed by atoms with Crippen LogP contribution in [0, 0.1) is 6.92 Å². The molecule has 0 saturated heterocycles. The molecule has 0 spiro atoms. The lowest BCUT2D eigenvalue weighted by atomic mass is 10.0. The molecule has 1 N–H and O–H groups in total. The Bertz CT molecular complexity index is 292. The Morgan fingerprint density at radius 2 is 2.18 bits per heavy atom. The van der Waals surface area contributed by atoms with Crippen molar-refractivity contribution in [1.29, 1.82) is 0 Å². The first-order chi connectivity index (χ1) is 5.27. The number of fused-ring (bicyclic) bond motifs is 1. The van der Waals surface area contributed by atoms with E-state index < -0.39 is 0 Å². The Morgan fingerprint density at radius 3 is 3.00 bits per heavy atom. The Balaban J connectivity index is 2.60. The van der Waals surface area contributed by atoms with Gasteiger partial charge in [0.05, 0.1) is 13.2 Å². The number of aromatic hydroxyl groups is 1. The van der Waals surface area contributed by atoms with Crippen molar-refractivity contribution in [1.82, 2.24) is 0 Å². The highest BCUT2D eigenvalue weighted by Gasteiger charge is 2.13. The fraction of sp³-hybridized carbons (Fsp3) is 0.333. The van der Waals surface area contributed by atoms with Gasteiger partial charge in [-0.2, -0.15) is 0 Å². The number of hydrogen-bond acceptors (Lipinski definition) is 2. The minimum Gasteiger partial charge on any atom is -0.508 e. The summed E-state index contributed by atoms with van der Waals surface area (Å²) in [5.41, 5.74) is 3.49. The number of hydrogen-bond donors (Lipinski definition) is 1. The highest BCUT2D eigenvalue weighted by molar-refractivity contribution is 5.41. The van der Waals surface area contributed by atoms with Gasteiger partial charge in [0.25, 0.3) is 0 Å². The Hall–Kier alpha value is -1.02. The van der Waals surface area contributed by atoms with Crippen LogP contribution in [0.5, 0.6) is 5.75 Å². The highest BCUT2D eigenvalue weighted by atomic mass is 16.5. The molecule has 2 heteroatoms. The van der Waals surface area contributed by atoms with E-state index in [1.165, 1.54) is 5.56 Å². The van der Waals surface area contributed by atoms with Crippen LogP contribution in [0.15, 0.2) is 12.1 Å².